The van der Waals surface area contributed by atoms with Crippen LogP contribution in [0.15, 0.2) is 4.99 Å². The van der Waals surface area contributed by atoms with E-state index in [1.807, 2.05) is 5.32 Å². The highest BCUT2D eigenvalue weighted by Gasteiger charge is 2.51. The van der Waals surface area contributed by atoms with Crippen LogP contribution in [0.3, 0.4) is 0 Å². The van der Waals surface area contributed by atoms with E-state index in [1.165, 1.54) is 20.8 Å². The summed E-state index contributed by atoms with van der Waals surface area (Å²) in [7, 11) is 0. The first-order chi connectivity index (χ1) is 39.2. The van der Waals surface area contributed by atoms with Gasteiger partial charge in [-0.25, -0.2) is 4.79 Å². The molecule has 476 valence electrons. The van der Waals surface area contributed by atoms with Crippen molar-refractivity contribution in [3.63, 3.8) is 0 Å². The zero-order valence-corrected chi connectivity index (χ0v) is 49.1. The third kappa shape index (κ3) is 25.6. The van der Waals surface area contributed by atoms with Gasteiger partial charge in [0.15, 0.2) is 18.2 Å². The Balaban J connectivity index is 4.03. The Labute approximate surface area is 487 Å². The van der Waals surface area contributed by atoms with Gasteiger partial charge in [0.25, 0.3) is 0 Å². The van der Waals surface area contributed by atoms with E-state index < -0.39 is 205 Å². The summed E-state index contributed by atoms with van der Waals surface area (Å²) in [4.78, 5) is 174. The maximum atomic E-state index is 14.8. The van der Waals surface area contributed by atoms with E-state index in [0.29, 0.717) is 18.2 Å². The van der Waals surface area contributed by atoms with Crippen molar-refractivity contribution in [2.45, 2.75) is 173 Å². The fourth-order valence-corrected chi connectivity index (χ4v) is 9.12. The number of aliphatic imine (C=N–C) groups is 1. The predicted octanol–water partition coefficient (Wildman–Crippen LogP) is -7.53. The summed E-state index contributed by atoms with van der Waals surface area (Å²) in [5.41, 5.74) is 9.51. The molecule has 9 amide bonds. The summed E-state index contributed by atoms with van der Waals surface area (Å²) in [5.74, 6) is -16.0. The van der Waals surface area contributed by atoms with Crippen molar-refractivity contribution >= 4 is 94.8 Å². The Morgan fingerprint density at radius 1 is 0.583 bits per heavy atom. The molecule has 0 aromatic carbocycles. The SMILES string of the molecule is CC[C@H](C)[C@H](NC(C)=O)C(=O)N[C@@H](CO)C(=O)N[C@H](C(=O)NC(CS[C@@H]1O[C@H](COC(C)=O)[C@@H](OC(C)=O)[C@H](OC(C)=O)[C@H]1NC(C)=O)C(=O)N[C@@H](CCCN=C(N)N)C(=O)N[C@@H](CO)C(=O)N[C@H](C(=O)N[C@@H](CO)C(=O)O)[C@@H](C)O)C(C)C. The summed E-state index contributed by atoms with van der Waals surface area (Å²) in [5, 5.41) is 70.6. The molecule has 84 heavy (non-hydrogen) atoms. The number of thioether (sulfide) groups is 1. The molecule has 15 atom stereocenters. The topological polar surface area (TPSA) is 533 Å². The number of carboxylic acid groups (broad SMARTS) is 1. The van der Waals surface area contributed by atoms with Crippen LogP contribution in [0.2, 0.25) is 0 Å². The molecular weight excluding hydrogens is 1140 g/mol. The minimum absolute atomic E-state index is 0.0933. The molecule has 0 radical (unpaired) electrons. The Bertz CT molecular complexity index is 2350. The number of hydrogen-bond donors (Lipinski definition) is 16. The monoisotopic (exact) mass is 1220 g/mol. The molecule has 0 spiro atoms. The van der Waals surface area contributed by atoms with Gasteiger partial charge in [0, 0.05) is 46.9 Å². The fraction of sp³-hybridized carbons (Fsp3) is 0.714. The number of aliphatic hydroxyl groups excluding tert-OH is 4. The molecule has 1 saturated heterocycles. The molecule has 35 heteroatoms. The number of nitrogens with one attached hydrogen (secondary N) is 9. The second-order valence-corrected chi connectivity index (χ2v) is 20.8. The number of ether oxygens (including phenoxy) is 4. The Kier molecular flexibility index (Phi) is 32.8. The maximum Gasteiger partial charge on any atom is 0.328 e. The molecule has 1 rings (SSSR count). The Hall–Kier alpha value is -7.47. The number of aliphatic hydroxyl groups is 4. The first kappa shape index (κ1) is 74.5. The molecule has 0 aromatic rings. The highest BCUT2D eigenvalue weighted by Crippen LogP contribution is 2.33. The molecule has 0 saturated carbocycles. The third-order valence-electron chi connectivity index (χ3n) is 12.3. The number of hydrogen-bond acceptors (Lipinski definition) is 23. The van der Waals surface area contributed by atoms with Crippen molar-refractivity contribution in [1.82, 2.24) is 47.9 Å². The molecule has 1 unspecified atom stereocenters. The standard InChI is InChI=1S/C49H82N12O22S/c1-11-21(4)35(53-23(6)66)45(76)57-30(16-63)41(72)60-34(20(2)3)44(75)59-32(19-84-48-37(54-24(7)67)39(82-27(10)70)38(81-26(9)69)33(83-48)18-80-25(8)68)43(74)55-28(13-12-14-52-49(50)51)40(71)56-29(15-62)42(73)61-36(22(5)65)46(77)58-31(17-64)47(78)79/h20-22,28-39,48,62-65H,11-19H2,1-10H3,(H,53,66)(H,54,67)(H,55,74)(H,56,71)(H,57,76)(H,58,77)(H,59,75)(H,60,72)(H,61,73)(H,78,79)(H4,50,51,52)/t21-,22+,28-,29-,30-,31-,32?,33+,34-,35-,36-,37+,38+,39+,48-/m0/s1. The first-order valence-electron chi connectivity index (χ1n) is 26.4. The summed E-state index contributed by atoms with van der Waals surface area (Å²) in [6, 6.07) is -15.3. The van der Waals surface area contributed by atoms with Crippen molar-refractivity contribution in [3.8, 4) is 0 Å². The molecule has 34 nitrogen and oxygen atoms in total. The first-order valence-corrected chi connectivity index (χ1v) is 27.5. The van der Waals surface area contributed by atoms with Gasteiger partial charge in [-0.2, -0.15) is 0 Å². The second kappa shape index (κ2) is 37.0. The molecular formula is C49H82N12O22S. The lowest BCUT2D eigenvalue weighted by Crippen LogP contribution is -2.65. The van der Waals surface area contributed by atoms with Crippen LogP contribution in [0.5, 0.6) is 0 Å². The lowest BCUT2D eigenvalue weighted by Gasteiger charge is -2.45. The molecule has 1 fully saturated rings. The molecule has 1 heterocycles. The molecule has 18 N–H and O–H groups in total. The number of carbonyl (C=O) groups excluding carboxylic acids is 12. The quantitative estimate of drug-likeness (QED) is 0.00921. The number of nitrogens with zero attached hydrogens (tertiary/aromatic N) is 1. The number of esters is 3. The van der Waals surface area contributed by atoms with Crippen LogP contribution in [0.4, 0.5) is 0 Å². The van der Waals surface area contributed by atoms with Gasteiger partial charge in [-0.15, -0.1) is 11.8 Å². The normalized spacial score (nSPS) is 20.0. The fourth-order valence-electron chi connectivity index (χ4n) is 7.85. The van der Waals surface area contributed by atoms with E-state index in [1.54, 1.807) is 13.8 Å². The van der Waals surface area contributed by atoms with Gasteiger partial charge in [0.05, 0.1) is 25.9 Å². The van der Waals surface area contributed by atoms with Gasteiger partial charge < -0.3 is 104 Å². The van der Waals surface area contributed by atoms with Gasteiger partial charge in [-0.05, 0) is 31.6 Å². The van der Waals surface area contributed by atoms with Gasteiger partial charge in [0.1, 0.15) is 72.5 Å². The van der Waals surface area contributed by atoms with Crippen LogP contribution in [0.1, 0.15) is 88.5 Å². The van der Waals surface area contributed by atoms with Crippen LogP contribution >= 0.6 is 11.8 Å². The number of carbonyl (C=O) groups is 13. The maximum absolute atomic E-state index is 14.8. The highest BCUT2D eigenvalue weighted by molar-refractivity contribution is 7.99. The van der Waals surface area contributed by atoms with Crippen LogP contribution in [0.25, 0.3) is 0 Å². The number of guanidine groups is 1. The zero-order chi connectivity index (χ0) is 64.3. The lowest BCUT2D eigenvalue weighted by atomic mass is 9.97. The second-order valence-electron chi connectivity index (χ2n) is 19.7. The Morgan fingerprint density at radius 2 is 1.05 bits per heavy atom. The van der Waals surface area contributed by atoms with Crippen molar-refractivity contribution in [3.05, 3.63) is 0 Å². The van der Waals surface area contributed by atoms with Gasteiger partial charge in [-0.3, -0.25) is 62.5 Å². The van der Waals surface area contributed by atoms with E-state index in [2.05, 4.69) is 47.5 Å². The van der Waals surface area contributed by atoms with Crippen molar-refractivity contribution < 1.29 is 107 Å². The summed E-state index contributed by atoms with van der Waals surface area (Å²) in [6.45, 7) is 8.65. The van der Waals surface area contributed by atoms with E-state index >= 15 is 0 Å². The molecule has 0 aliphatic carbocycles. The number of rotatable bonds is 35. The predicted molar refractivity (Wildman–Crippen MR) is 292 cm³/mol. The third-order valence-corrected chi connectivity index (χ3v) is 13.6. The average Bonchev–Trinajstić information content (AvgIpc) is 3.00. The van der Waals surface area contributed by atoms with Gasteiger partial charge in [0.2, 0.25) is 53.2 Å². The van der Waals surface area contributed by atoms with Gasteiger partial charge in [-0.1, -0.05) is 34.1 Å². The van der Waals surface area contributed by atoms with E-state index in [4.69, 9.17) is 30.4 Å². The van der Waals surface area contributed by atoms with Crippen molar-refractivity contribution in [2.75, 3.05) is 38.7 Å². The van der Waals surface area contributed by atoms with Crippen LogP contribution in [0, 0.1) is 11.8 Å². The zero-order valence-electron chi connectivity index (χ0n) is 48.3. The van der Waals surface area contributed by atoms with Gasteiger partial charge >= 0.3 is 23.9 Å². The summed E-state index contributed by atoms with van der Waals surface area (Å²) >= 11 is 0.657. The Morgan fingerprint density at radius 3 is 1.51 bits per heavy atom. The molecule has 0 bridgehead atoms. The minimum Gasteiger partial charge on any atom is -0.480 e. The van der Waals surface area contributed by atoms with Crippen molar-refractivity contribution in [1.29, 1.82) is 0 Å². The van der Waals surface area contributed by atoms with Crippen LogP contribution in [-0.4, -0.2) is 231 Å². The highest BCUT2D eigenvalue weighted by atomic mass is 32.2. The van der Waals surface area contributed by atoms with Crippen LogP contribution < -0.4 is 59.3 Å². The molecule has 1 aliphatic rings. The smallest absolute Gasteiger partial charge is 0.328 e. The number of nitrogens with two attached hydrogens (primary N) is 2. The van der Waals surface area contributed by atoms with E-state index in [9.17, 15) is 87.9 Å². The molecule has 1 aliphatic heterocycles. The number of amides is 9. The lowest BCUT2D eigenvalue weighted by molar-refractivity contribution is -0.211. The van der Waals surface area contributed by atoms with Crippen LogP contribution in [-0.2, 0) is 81.3 Å². The number of carboxylic acids is 1. The van der Waals surface area contributed by atoms with Crippen molar-refractivity contribution in [2.24, 2.45) is 28.3 Å². The largest absolute Gasteiger partial charge is 0.480 e. The number of aliphatic carboxylic acids is 1. The van der Waals surface area contributed by atoms with E-state index in [-0.39, 0.29) is 25.3 Å². The molecule has 0 aromatic heterocycles. The minimum atomic E-state index is -1.97. The summed E-state index contributed by atoms with van der Waals surface area (Å²) < 4.78 is 22.5. The van der Waals surface area contributed by atoms with E-state index in [0.717, 1.165) is 34.6 Å². The average molecular weight is 1220 g/mol. The summed E-state index contributed by atoms with van der Waals surface area (Å²) in [6.07, 6.45) is -6.34.